The first-order valence-corrected chi connectivity index (χ1v) is 7.98. The van der Waals surface area contributed by atoms with Crippen molar-refractivity contribution in [1.82, 2.24) is 4.90 Å². The van der Waals surface area contributed by atoms with E-state index in [-0.39, 0.29) is 6.04 Å². The van der Waals surface area contributed by atoms with Crippen LogP contribution < -0.4 is 0 Å². The zero-order chi connectivity index (χ0) is 17.2. The SMILES string of the molecule is C[C@H]1[C@@H](c2ccccc2)OC(=O)[C@@](O)(/C=C/c2ccccc2)N1C. The minimum Gasteiger partial charge on any atom is -0.452 e. The Morgan fingerprint density at radius 1 is 1.08 bits per heavy atom. The van der Waals surface area contributed by atoms with Gasteiger partial charge in [-0.1, -0.05) is 66.7 Å². The van der Waals surface area contributed by atoms with Crippen LogP contribution in [0.1, 0.15) is 24.2 Å². The molecule has 1 N–H and O–H groups in total. The minimum atomic E-state index is -1.78. The lowest BCUT2D eigenvalue weighted by atomic mass is 9.96. The third-order valence-corrected chi connectivity index (χ3v) is 4.56. The molecule has 1 saturated heterocycles. The van der Waals surface area contributed by atoms with Crippen molar-refractivity contribution in [2.24, 2.45) is 0 Å². The molecule has 0 aromatic heterocycles. The van der Waals surface area contributed by atoms with E-state index in [0.29, 0.717) is 0 Å². The topological polar surface area (TPSA) is 49.8 Å². The molecule has 0 unspecified atom stereocenters. The van der Waals surface area contributed by atoms with Crippen molar-refractivity contribution >= 4 is 12.0 Å². The number of nitrogens with zero attached hydrogens (tertiary/aromatic N) is 1. The first-order valence-electron chi connectivity index (χ1n) is 7.98. The van der Waals surface area contributed by atoms with Crippen LogP contribution in [0.2, 0.25) is 0 Å². The number of hydrogen-bond acceptors (Lipinski definition) is 4. The summed E-state index contributed by atoms with van der Waals surface area (Å²) in [6.07, 6.45) is 2.81. The quantitative estimate of drug-likeness (QED) is 0.882. The highest BCUT2D eigenvalue weighted by Crippen LogP contribution is 2.35. The van der Waals surface area contributed by atoms with Crippen molar-refractivity contribution in [3.8, 4) is 0 Å². The van der Waals surface area contributed by atoms with E-state index in [4.69, 9.17) is 4.74 Å². The predicted molar refractivity (Wildman–Crippen MR) is 92.9 cm³/mol. The summed E-state index contributed by atoms with van der Waals surface area (Å²) in [6, 6.07) is 18.9. The smallest absolute Gasteiger partial charge is 0.358 e. The standard InChI is InChI=1S/C20H21NO3/c1-15-18(17-11-7-4-8-12-17)24-19(22)20(23,21(15)2)14-13-16-9-5-3-6-10-16/h3-15,18,23H,1-2H3/b14-13+/t15-,18-,20-/m0/s1. The average Bonchev–Trinajstić information content (AvgIpc) is 2.63. The summed E-state index contributed by atoms with van der Waals surface area (Å²) in [5.41, 5.74) is 0.0461. The molecule has 2 aromatic rings. The van der Waals surface area contributed by atoms with Crippen LogP contribution >= 0.6 is 0 Å². The minimum absolute atomic E-state index is 0.171. The van der Waals surface area contributed by atoms with E-state index in [1.807, 2.05) is 67.6 Å². The molecular formula is C20H21NO3. The highest BCUT2D eigenvalue weighted by Gasteiger charge is 2.49. The van der Waals surface area contributed by atoms with E-state index in [0.717, 1.165) is 11.1 Å². The Kier molecular flexibility index (Phi) is 4.51. The van der Waals surface area contributed by atoms with E-state index < -0.39 is 17.8 Å². The first kappa shape index (κ1) is 16.4. The van der Waals surface area contributed by atoms with Gasteiger partial charge in [0.2, 0.25) is 5.72 Å². The number of hydrogen-bond donors (Lipinski definition) is 1. The Bertz CT molecular complexity index is 729. The van der Waals surface area contributed by atoms with E-state index >= 15 is 0 Å². The van der Waals surface area contributed by atoms with Gasteiger partial charge >= 0.3 is 5.97 Å². The zero-order valence-electron chi connectivity index (χ0n) is 13.8. The normalized spacial score (nSPS) is 28.0. The van der Waals surface area contributed by atoms with Crippen molar-refractivity contribution in [3.05, 3.63) is 77.9 Å². The summed E-state index contributed by atoms with van der Waals surface area (Å²) in [5, 5.41) is 10.9. The Morgan fingerprint density at radius 2 is 1.67 bits per heavy atom. The van der Waals surface area contributed by atoms with Crippen LogP contribution in [0.3, 0.4) is 0 Å². The molecular weight excluding hydrogens is 302 g/mol. The molecule has 2 aromatic carbocycles. The molecule has 0 bridgehead atoms. The van der Waals surface area contributed by atoms with Gasteiger partial charge in [0.25, 0.3) is 0 Å². The molecule has 124 valence electrons. The number of carbonyl (C=O) groups excluding carboxylic acids is 1. The second kappa shape index (κ2) is 6.59. The number of aliphatic hydroxyl groups is 1. The fourth-order valence-electron chi connectivity index (χ4n) is 2.91. The molecule has 3 atom stereocenters. The van der Waals surface area contributed by atoms with E-state index in [2.05, 4.69) is 0 Å². The molecule has 0 spiro atoms. The number of benzene rings is 2. The molecule has 4 heteroatoms. The molecule has 1 heterocycles. The summed E-state index contributed by atoms with van der Waals surface area (Å²) in [4.78, 5) is 14.2. The van der Waals surface area contributed by atoms with Crippen LogP contribution in [0.25, 0.3) is 6.08 Å². The van der Waals surface area contributed by atoms with E-state index in [9.17, 15) is 9.90 Å². The molecule has 3 rings (SSSR count). The van der Waals surface area contributed by atoms with Crippen LogP contribution in [0, 0.1) is 0 Å². The molecule has 1 aliphatic heterocycles. The molecule has 24 heavy (non-hydrogen) atoms. The third-order valence-electron chi connectivity index (χ3n) is 4.56. The molecule has 0 radical (unpaired) electrons. The van der Waals surface area contributed by atoms with E-state index in [1.165, 1.54) is 6.08 Å². The number of ether oxygens (including phenoxy) is 1. The summed E-state index contributed by atoms with van der Waals surface area (Å²) in [5.74, 6) is -0.663. The number of esters is 1. The van der Waals surface area contributed by atoms with Crippen LogP contribution in [0.5, 0.6) is 0 Å². The van der Waals surface area contributed by atoms with Crippen molar-refractivity contribution in [1.29, 1.82) is 0 Å². The summed E-state index contributed by atoms with van der Waals surface area (Å²) < 4.78 is 5.58. The van der Waals surface area contributed by atoms with Crippen LogP contribution in [-0.4, -0.2) is 34.8 Å². The van der Waals surface area contributed by atoms with Gasteiger partial charge in [-0.15, -0.1) is 0 Å². The van der Waals surface area contributed by atoms with Gasteiger partial charge in [-0.25, -0.2) is 4.79 Å². The van der Waals surface area contributed by atoms with Crippen LogP contribution in [-0.2, 0) is 9.53 Å². The molecule has 0 amide bonds. The van der Waals surface area contributed by atoms with Crippen LogP contribution in [0.4, 0.5) is 0 Å². The van der Waals surface area contributed by atoms with E-state index in [1.54, 1.807) is 18.0 Å². The number of likely N-dealkylation sites (N-methyl/N-ethyl adjacent to an activating group) is 1. The number of cyclic esters (lactones) is 1. The van der Waals surface area contributed by atoms with Gasteiger partial charge < -0.3 is 9.84 Å². The van der Waals surface area contributed by atoms with Crippen LogP contribution in [0.15, 0.2) is 66.7 Å². The summed E-state index contributed by atoms with van der Waals surface area (Å²) in [6.45, 7) is 1.94. The van der Waals surface area contributed by atoms with Gasteiger partial charge in [-0.05, 0) is 31.2 Å². The summed E-state index contributed by atoms with van der Waals surface area (Å²) >= 11 is 0. The van der Waals surface area contributed by atoms with Crippen molar-refractivity contribution in [3.63, 3.8) is 0 Å². The third kappa shape index (κ3) is 2.98. The Balaban J connectivity index is 1.86. The van der Waals surface area contributed by atoms with Crippen molar-refractivity contribution < 1.29 is 14.6 Å². The first-order chi connectivity index (χ1) is 11.5. The summed E-state index contributed by atoms with van der Waals surface area (Å²) in [7, 11) is 1.73. The Morgan fingerprint density at radius 3 is 2.29 bits per heavy atom. The van der Waals surface area contributed by atoms with Gasteiger partial charge in [0.15, 0.2) is 0 Å². The lowest BCUT2D eigenvalue weighted by Crippen LogP contribution is -2.61. The van der Waals surface area contributed by atoms with Gasteiger partial charge in [0.1, 0.15) is 6.10 Å². The largest absolute Gasteiger partial charge is 0.452 e. The monoisotopic (exact) mass is 323 g/mol. The van der Waals surface area contributed by atoms with Gasteiger partial charge in [-0.2, -0.15) is 0 Å². The molecule has 0 aliphatic carbocycles. The highest BCUT2D eigenvalue weighted by atomic mass is 16.6. The molecule has 0 saturated carbocycles. The zero-order valence-corrected chi connectivity index (χ0v) is 13.8. The van der Waals surface area contributed by atoms with Crippen molar-refractivity contribution in [2.45, 2.75) is 24.8 Å². The van der Waals surface area contributed by atoms with Gasteiger partial charge in [-0.3, -0.25) is 4.90 Å². The molecule has 4 nitrogen and oxygen atoms in total. The lowest BCUT2D eigenvalue weighted by Gasteiger charge is -2.45. The molecule has 1 fully saturated rings. The second-order valence-electron chi connectivity index (χ2n) is 6.06. The predicted octanol–water partition coefficient (Wildman–Crippen LogP) is 3.01. The number of morpholine rings is 1. The maximum absolute atomic E-state index is 12.5. The average molecular weight is 323 g/mol. The Labute approximate surface area is 142 Å². The highest BCUT2D eigenvalue weighted by molar-refractivity contribution is 5.83. The lowest BCUT2D eigenvalue weighted by molar-refractivity contribution is -0.211. The fourth-order valence-corrected chi connectivity index (χ4v) is 2.91. The van der Waals surface area contributed by atoms with Gasteiger partial charge in [0, 0.05) is 0 Å². The van der Waals surface area contributed by atoms with Crippen molar-refractivity contribution in [2.75, 3.05) is 7.05 Å². The maximum Gasteiger partial charge on any atom is 0.358 e. The maximum atomic E-state index is 12.5. The Hall–Kier alpha value is -2.43. The fraction of sp³-hybridized carbons (Fsp3) is 0.250. The second-order valence-corrected chi connectivity index (χ2v) is 6.06. The number of carbonyl (C=O) groups is 1. The van der Waals surface area contributed by atoms with Gasteiger partial charge in [0.05, 0.1) is 6.04 Å². The number of rotatable bonds is 3. The molecule has 1 aliphatic rings.